The molecule has 2 aromatic heterocycles. The molecule has 39 heavy (non-hydrogen) atoms. The van der Waals surface area contributed by atoms with E-state index < -0.39 is 10.0 Å². The fraction of sp³-hybridized carbons (Fsp3) is 0.500. The predicted molar refractivity (Wildman–Crippen MR) is 149 cm³/mol. The minimum absolute atomic E-state index is 0.209. The van der Waals surface area contributed by atoms with Crippen LogP contribution in [-0.4, -0.2) is 86.0 Å². The molecule has 3 aliphatic rings. The molecule has 0 unspecified atom stereocenters. The molecule has 3 aromatic rings. The van der Waals surface area contributed by atoms with Gasteiger partial charge in [-0.25, -0.2) is 13.4 Å². The van der Waals surface area contributed by atoms with Crippen LogP contribution < -0.4 is 14.9 Å². The standard InChI is InChI=1S/C26H32ClN7O4S/c1-39(36,37)31-20-6-5-18(27)12-19(20)26(35)33-7-3-2-4-23(33)22-13-24-29-21(17-15-28-16-17)14-25(34(24)30-22)32-8-10-38-11-9-32/h5-6,12-14,17,23,28,31H,2-4,7-11,15-16H2,1H3/t23-/m1/s1. The molecular weight excluding hydrogens is 542 g/mol. The molecule has 0 bridgehead atoms. The molecule has 11 nitrogen and oxygen atoms in total. The molecule has 0 spiro atoms. The number of aromatic nitrogens is 3. The highest BCUT2D eigenvalue weighted by atomic mass is 35.5. The van der Waals surface area contributed by atoms with Gasteiger partial charge in [0.2, 0.25) is 10.0 Å². The Bertz CT molecular complexity index is 1500. The second-order valence-corrected chi connectivity index (χ2v) is 12.6. The summed E-state index contributed by atoms with van der Waals surface area (Å²) < 4.78 is 33.9. The van der Waals surface area contributed by atoms with Crippen LogP contribution in [0.5, 0.6) is 0 Å². The Kier molecular flexibility index (Phi) is 7.13. The first-order valence-corrected chi connectivity index (χ1v) is 15.6. The quantitative estimate of drug-likeness (QED) is 0.462. The molecule has 0 saturated carbocycles. The van der Waals surface area contributed by atoms with E-state index in [1.165, 1.54) is 12.1 Å². The number of piperidine rings is 1. The van der Waals surface area contributed by atoms with Gasteiger partial charge in [0.1, 0.15) is 5.82 Å². The summed E-state index contributed by atoms with van der Waals surface area (Å²) in [6.07, 6.45) is 3.61. The van der Waals surface area contributed by atoms with Crippen molar-refractivity contribution in [3.05, 3.63) is 52.3 Å². The van der Waals surface area contributed by atoms with E-state index in [0.29, 0.717) is 30.7 Å². The number of likely N-dealkylation sites (tertiary alicyclic amines) is 1. The van der Waals surface area contributed by atoms with Crippen molar-refractivity contribution in [2.45, 2.75) is 31.2 Å². The number of nitrogens with one attached hydrogen (secondary N) is 2. The fourth-order valence-corrected chi connectivity index (χ4v) is 6.25. The van der Waals surface area contributed by atoms with E-state index in [1.54, 1.807) is 11.0 Å². The molecule has 3 aliphatic heterocycles. The molecule has 1 aromatic carbocycles. The number of anilines is 2. The molecule has 3 fully saturated rings. The number of morpholine rings is 1. The number of nitrogens with zero attached hydrogens (tertiary/aromatic N) is 5. The van der Waals surface area contributed by atoms with Gasteiger partial charge in [0.15, 0.2) is 5.65 Å². The highest BCUT2D eigenvalue weighted by molar-refractivity contribution is 7.92. The number of benzene rings is 1. The van der Waals surface area contributed by atoms with Gasteiger partial charge in [-0.1, -0.05) is 11.6 Å². The van der Waals surface area contributed by atoms with Crippen molar-refractivity contribution in [1.29, 1.82) is 0 Å². The van der Waals surface area contributed by atoms with Crippen molar-refractivity contribution < 1.29 is 17.9 Å². The van der Waals surface area contributed by atoms with Gasteiger partial charge in [0.25, 0.3) is 5.91 Å². The first-order valence-electron chi connectivity index (χ1n) is 13.3. The van der Waals surface area contributed by atoms with Crippen LogP contribution in [0.2, 0.25) is 5.02 Å². The van der Waals surface area contributed by atoms with Gasteiger partial charge < -0.3 is 19.9 Å². The number of amides is 1. The zero-order chi connectivity index (χ0) is 27.1. The van der Waals surface area contributed by atoms with E-state index >= 15 is 0 Å². The second kappa shape index (κ2) is 10.6. The average Bonchev–Trinajstić information content (AvgIpc) is 3.32. The number of rotatable bonds is 6. The molecule has 1 atom stereocenters. The second-order valence-electron chi connectivity index (χ2n) is 10.4. The SMILES string of the molecule is CS(=O)(=O)Nc1ccc(Cl)cc1C(=O)N1CCCC[C@@H]1c1cc2nc(C3CNC3)cc(N3CCOCC3)n2n1. The van der Waals surface area contributed by atoms with Crippen LogP contribution in [0.4, 0.5) is 11.5 Å². The van der Waals surface area contributed by atoms with Gasteiger partial charge in [-0.3, -0.25) is 9.52 Å². The Morgan fingerprint density at radius 2 is 1.90 bits per heavy atom. The number of halogens is 1. The van der Waals surface area contributed by atoms with Gasteiger partial charge >= 0.3 is 0 Å². The van der Waals surface area contributed by atoms with Crippen molar-refractivity contribution in [2.24, 2.45) is 0 Å². The Morgan fingerprint density at radius 1 is 1.10 bits per heavy atom. The Morgan fingerprint density at radius 3 is 2.62 bits per heavy atom. The maximum atomic E-state index is 13.9. The molecule has 13 heteroatoms. The number of carbonyl (C=O) groups is 1. The Balaban J connectivity index is 1.38. The van der Waals surface area contributed by atoms with Crippen LogP contribution in [-0.2, 0) is 14.8 Å². The van der Waals surface area contributed by atoms with Crippen molar-refractivity contribution in [1.82, 2.24) is 24.8 Å². The zero-order valence-electron chi connectivity index (χ0n) is 21.8. The molecule has 3 saturated heterocycles. The Hall–Kier alpha value is -2.93. The van der Waals surface area contributed by atoms with Crippen LogP contribution in [0.25, 0.3) is 5.65 Å². The fourth-order valence-electron chi connectivity index (χ4n) is 5.50. The minimum atomic E-state index is -3.59. The monoisotopic (exact) mass is 573 g/mol. The van der Waals surface area contributed by atoms with Crippen molar-refractivity contribution in [2.75, 3.05) is 61.8 Å². The lowest BCUT2D eigenvalue weighted by atomic mass is 9.97. The summed E-state index contributed by atoms with van der Waals surface area (Å²) in [5, 5.41) is 8.69. The topological polar surface area (TPSA) is 121 Å². The van der Waals surface area contributed by atoms with E-state index in [2.05, 4.69) is 21.0 Å². The van der Waals surface area contributed by atoms with Crippen LogP contribution in [0.1, 0.15) is 53.0 Å². The first-order chi connectivity index (χ1) is 18.8. The minimum Gasteiger partial charge on any atom is -0.378 e. The number of fused-ring (bicyclic) bond motifs is 1. The largest absolute Gasteiger partial charge is 0.378 e. The molecule has 0 radical (unpaired) electrons. The zero-order valence-corrected chi connectivity index (χ0v) is 23.3. The van der Waals surface area contributed by atoms with Crippen LogP contribution in [0.3, 0.4) is 0 Å². The maximum absolute atomic E-state index is 13.9. The summed E-state index contributed by atoms with van der Waals surface area (Å²) >= 11 is 6.24. The lowest BCUT2D eigenvalue weighted by Gasteiger charge is -2.35. The third-order valence-corrected chi connectivity index (χ3v) is 8.42. The van der Waals surface area contributed by atoms with E-state index in [1.807, 2.05) is 10.6 Å². The molecular formula is C26H32ClN7O4S. The number of hydrogen-bond acceptors (Lipinski definition) is 8. The lowest BCUT2D eigenvalue weighted by Crippen LogP contribution is -2.41. The highest BCUT2D eigenvalue weighted by Crippen LogP contribution is 2.35. The van der Waals surface area contributed by atoms with Gasteiger partial charge in [0, 0.05) is 55.8 Å². The van der Waals surface area contributed by atoms with Gasteiger partial charge in [-0.2, -0.15) is 9.61 Å². The number of hydrogen-bond donors (Lipinski definition) is 2. The Labute approximate surface area is 232 Å². The number of ether oxygens (including phenoxy) is 1. The average molecular weight is 574 g/mol. The van der Waals surface area contributed by atoms with Crippen LogP contribution >= 0.6 is 11.6 Å². The summed E-state index contributed by atoms with van der Waals surface area (Å²) in [4.78, 5) is 23.0. The van der Waals surface area contributed by atoms with E-state index in [0.717, 1.165) is 74.6 Å². The van der Waals surface area contributed by atoms with Gasteiger partial charge in [-0.15, -0.1) is 0 Å². The van der Waals surface area contributed by atoms with E-state index in [-0.39, 0.29) is 23.2 Å². The predicted octanol–water partition coefficient (Wildman–Crippen LogP) is 2.65. The van der Waals surface area contributed by atoms with Crippen molar-refractivity contribution in [3.8, 4) is 0 Å². The third-order valence-electron chi connectivity index (χ3n) is 7.59. The third kappa shape index (κ3) is 5.43. The summed E-state index contributed by atoms with van der Waals surface area (Å²) in [6.45, 7) is 5.21. The summed E-state index contributed by atoms with van der Waals surface area (Å²) in [7, 11) is -3.59. The maximum Gasteiger partial charge on any atom is 0.256 e. The summed E-state index contributed by atoms with van der Waals surface area (Å²) in [5.41, 5.74) is 3.00. The van der Waals surface area contributed by atoms with Crippen LogP contribution in [0.15, 0.2) is 30.3 Å². The summed E-state index contributed by atoms with van der Waals surface area (Å²) in [5.74, 6) is 1.07. The van der Waals surface area contributed by atoms with Crippen molar-refractivity contribution >= 4 is 44.7 Å². The van der Waals surface area contributed by atoms with Gasteiger partial charge in [0.05, 0.1) is 48.2 Å². The molecule has 2 N–H and O–H groups in total. The van der Waals surface area contributed by atoms with E-state index in [9.17, 15) is 13.2 Å². The van der Waals surface area contributed by atoms with Crippen molar-refractivity contribution in [3.63, 3.8) is 0 Å². The number of sulfonamides is 1. The van der Waals surface area contributed by atoms with Gasteiger partial charge in [-0.05, 0) is 37.5 Å². The van der Waals surface area contributed by atoms with Crippen LogP contribution in [0, 0.1) is 0 Å². The highest BCUT2D eigenvalue weighted by Gasteiger charge is 2.33. The molecule has 1 amide bonds. The number of carbonyl (C=O) groups excluding carboxylic acids is 1. The first kappa shape index (κ1) is 26.3. The molecule has 0 aliphatic carbocycles. The smallest absolute Gasteiger partial charge is 0.256 e. The molecule has 208 valence electrons. The molecule has 5 heterocycles. The summed E-state index contributed by atoms with van der Waals surface area (Å²) in [6, 6.07) is 8.46. The normalized spacial score (nSPS) is 20.7. The lowest BCUT2D eigenvalue weighted by molar-refractivity contribution is 0.0607. The van der Waals surface area contributed by atoms with E-state index in [4.69, 9.17) is 26.4 Å². The molecule has 6 rings (SSSR count).